The Balaban J connectivity index is 1.82. The zero-order valence-electron chi connectivity index (χ0n) is 11.1. The summed E-state index contributed by atoms with van der Waals surface area (Å²) in [5, 5.41) is 29.6. The van der Waals surface area contributed by atoms with Crippen molar-refractivity contribution < 1.29 is 19.6 Å². The van der Waals surface area contributed by atoms with E-state index in [1.165, 1.54) is 30.1 Å². The fourth-order valence-corrected chi connectivity index (χ4v) is 2.10. The molecule has 8 nitrogen and oxygen atoms in total. The Morgan fingerprint density at radius 2 is 2.33 bits per heavy atom. The summed E-state index contributed by atoms with van der Waals surface area (Å²) in [5.41, 5.74) is 2.92. The van der Waals surface area contributed by atoms with E-state index < -0.39 is 0 Å². The summed E-state index contributed by atoms with van der Waals surface area (Å²) < 4.78 is 1.76. The summed E-state index contributed by atoms with van der Waals surface area (Å²) >= 11 is 1.30. The quantitative estimate of drug-likeness (QED) is 0.202. The van der Waals surface area contributed by atoms with Crippen LogP contribution in [0.5, 0.6) is 11.5 Å². The van der Waals surface area contributed by atoms with E-state index in [0.717, 1.165) is 5.16 Å². The zero-order chi connectivity index (χ0) is 15.2. The lowest BCUT2D eigenvalue weighted by atomic mass is 10.2. The summed E-state index contributed by atoms with van der Waals surface area (Å²) in [5.74, 6) is -0.532. The Hall–Kier alpha value is -2.55. The third-order valence-corrected chi connectivity index (χ3v) is 3.51. The lowest BCUT2D eigenvalue weighted by molar-refractivity contribution is -0.709. The van der Waals surface area contributed by atoms with E-state index in [9.17, 15) is 9.90 Å². The summed E-state index contributed by atoms with van der Waals surface area (Å²) in [7, 11) is 1.82. The molecule has 0 unspecified atom stereocenters. The number of nitrogens with one attached hydrogen (secondary N) is 2. The van der Waals surface area contributed by atoms with Crippen LogP contribution in [0, 0.1) is 0 Å². The molecular weight excluding hydrogens is 294 g/mol. The minimum atomic E-state index is -0.270. The third-order valence-electron chi connectivity index (χ3n) is 2.45. The highest BCUT2D eigenvalue weighted by atomic mass is 32.2. The van der Waals surface area contributed by atoms with Crippen LogP contribution in [-0.4, -0.2) is 38.3 Å². The first-order valence-corrected chi connectivity index (χ1v) is 6.90. The van der Waals surface area contributed by atoms with Gasteiger partial charge in [-0.2, -0.15) is 5.10 Å². The van der Waals surface area contributed by atoms with E-state index in [1.807, 2.05) is 7.05 Å². The van der Waals surface area contributed by atoms with Gasteiger partial charge in [-0.25, -0.2) is 9.99 Å². The van der Waals surface area contributed by atoms with Crippen molar-refractivity contribution in [3.63, 3.8) is 0 Å². The average Bonchev–Trinajstić information content (AvgIpc) is 2.86. The average molecular weight is 308 g/mol. The molecule has 1 amide bonds. The maximum Gasteiger partial charge on any atom is 0.293 e. The lowest BCUT2D eigenvalue weighted by Gasteiger charge is -1.99. The number of hydrazone groups is 1. The zero-order valence-corrected chi connectivity index (χ0v) is 12.0. The number of carbonyl (C=O) groups excluding carboxylic acids is 1. The number of carbonyl (C=O) groups is 1. The van der Waals surface area contributed by atoms with Gasteiger partial charge in [0.15, 0.2) is 11.5 Å². The summed E-state index contributed by atoms with van der Waals surface area (Å²) in [4.78, 5) is 11.6. The second-order valence-electron chi connectivity index (χ2n) is 4.10. The molecule has 1 aromatic carbocycles. The number of amides is 1. The molecule has 4 N–H and O–H groups in total. The van der Waals surface area contributed by atoms with Gasteiger partial charge < -0.3 is 10.2 Å². The Morgan fingerprint density at radius 1 is 1.52 bits per heavy atom. The fraction of sp³-hybridized carbons (Fsp3) is 0.167. The van der Waals surface area contributed by atoms with Crippen LogP contribution in [0.3, 0.4) is 0 Å². The molecule has 1 heterocycles. The van der Waals surface area contributed by atoms with Gasteiger partial charge in [-0.15, -0.1) is 5.10 Å². The number of phenols is 2. The largest absolute Gasteiger partial charge is 0.504 e. The second kappa shape index (κ2) is 6.75. The molecule has 0 fully saturated rings. The number of phenolic OH excluding ortho intramolecular Hbond substituents is 2. The first-order valence-electron chi connectivity index (χ1n) is 5.92. The van der Waals surface area contributed by atoms with E-state index >= 15 is 0 Å². The maximum atomic E-state index is 11.6. The molecule has 2 aromatic rings. The van der Waals surface area contributed by atoms with Crippen LogP contribution in [0.1, 0.15) is 5.56 Å². The van der Waals surface area contributed by atoms with Gasteiger partial charge >= 0.3 is 0 Å². The standard InChI is InChI=1S/C12H13N5O3S/c1-17-7-14-16-12(17)21-6-11(20)15-13-5-8-2-3-9(18)10(19)4-8/h2-5,7H,6H2,1H3,(H3,13,15,18,19,20)/p+1. The Bertz CT molecular complexity index is 671. The van der Waals surface area contributed by atoms with E-state index in [0.29, 0.717) is 5.56 Å². The molecule has 0 bridgehead atoms. The van der Waals surface area contributed by atoms with Crippen molar-refractivity contribution in [1.82, 2.24) is 15.6 Å². The molecule has 0 saturated heterocycles. The molecule has 0 aliphatic carbocycles. The third kappa shape index (κ3) is 4.21. The van der Waals surface area contributed by atoms with E-state index in [1.54, 1.807) is 17.0 Å². The predicted molar refractivity (Wildman–Crippen MR) is 76.0 cm³/mol. The van der Waals surface area contributed by atoms with Crippen molar-refractivity contribution in [3.8, 4) is 11.5 Å². The molecule has 0 atom stereocenters. The Labute approximate surface area is 124 Å². The van der Waals surface area contributed by atoms with Crippen LogP contribution < -0.4 is 9.99 Å². The molecule has 0 spiro atoms. The van der Waals surface area contributed by atoms with Crippen LogP contribution in [0.25, 0.3) is 0 Å². The number of aromatic amines is 1. The van der Waals surface area contributed by atoms with Gasteiger partial charge in [-0.05, 0) is 35.5 Å². The number of H-pyrrole nitrogens is 1. The first kappa shape index (κ1) is 14.9. The highest BCUT2D eigenvalue weighted by Crippen LogP contribution is 2.23. The first-order chi connectivity index (χ1) is 10.1. The van der Waals surface area contributed by atoms with Gasteiger partial charge in [0.2, 0.25) is 0 Å². The number of rotatable bonds is 5. The van der Waals surface area contributed by atoms with Crippen LogP contribution in [0.4, 0.5) is 0 Å². The van der Waals surface area contributed by atoms with Crippen LogP contribution in [0.15, 0.2) is 34.8 Å². The van der Waals surface area contributed by atoms with Crippen molar-refractivity contribution in [2.24, 2.45) is 12.1 Å². The number of aromatic hydroxyl groups is 2. The van der Waals surface area contributed by atoms with Crippen LogP contribution >= 0.6 is 11.8 Å². The number of aromatic nitrogens is 3. The molecule has 0 aliphatic rings. The Kier molecular flexibility index (Phi) is 4.77. The maximum absolute atomic E-state index is 11.6. The Morgan fingerprint density at radius 3 is 3.00 bits per heavy atom. The number of hydrogen-bond acceptors (Lipinski definition) is 6. The minimum absolute atomic E-state index is 0.189. The van der Waals surface area contributed by atoms with E-state index in [-0.39, 0.29) is 23.2 Å². The van der Waals surface area contributed by atoms with Gasteiger partial charge in [0, 0.05) is 5.10 Å². The SMILES string of the molecule is C[n+]1cn[nH]c1SCC(=O)NN=Cc1ccc(O)c(O)c1. The van der Waals surface area contributed by atoms with Crippen molar-refractivity contribution in [3.05, 3.63) is 30.1 Å². The van der Waals surface area contributed by atoms with Gasteiger partial charge in [-0.1, -0.05) is 0 Å². The van der Waals surface area contributed by atoms with E-state index in [2.05, 4.69) is 20.7 Å². The van der Waals surface area contributed by atoms with Crippen molar-refractivity contribution in [2.75, 3.05) is 5.75 Å². The molecule has 9 heteroatoms. The van der Waals surface area contributed by atoms with Gasteiger partial charge in [0.1, 0.15) is 0 Å². The van der Waals surface area contributed by atoms with E-state index in [4.69, 9.17) is 5.11 Å². The number of hydrogen-bond donors (Lipinski definition) is 4. The lowest BCUT2D eigenvalue weighted by Crippen LogP contribution is -2.28. The summed E-state index contributed by atoms with van der Waals surface area (Å²) in [6.45, 7) is 0. The van der Waals surface area contributed by atoms with Gasteiger partial charge in [0.05, 0.1) is 19.0 Å². The monoisotopic (exact) mass is 308 g/mol. The molecule has 0 aliphatic heterocycles. The minimum Gasteiger partial charge on any atom is -0.504 e. The number of thioether (sulfide) groups is 1. The molecule has 2 rings (SSSR count). The number of benzene rings is 1. The second-order valence-corrected chi connectivity index (χ2v) is 5.07. The van der Waals surface area contributed by atoms with Gasteiger partial charge in [0.25, 0.3) is 17.4 Å². The summed E-state index contributed by atoms with van der Waals surface area (Å²) in [6.07, 6.45) is 2.98. The fourth-order valence-electron chi connectivity index (χ4n) is 1.40. The highest BCUT2D eigenvalue weighted by molar-refractivity contribution is 7.99. The predicted octanol–water partition coefficient (Wildman–Crippen LogP) is -0.112. The van der Waals surface area contributed by atoms with Crippen LogP contribution in [-0.2, 0) is 11.8 Å². The molecule has 0 radical (unpaired) electrons. The topological polar surface area (TPSA) is 114 Å². The molecule has 0 saturated carbocycles. The normalized spacial score (nSPS) is 10.9. The molecule has 21 heavy (non-hydrogen) atoms. The molecular formula is C12H14N5O3S+. The van der Waals surface area contributed by atoms with Crippen molar-refractivity contribution in [1.29, 1.82) is 0 Å². The molecule has 110 valence electrons. The highest BCUT2D eigenvalue weighted by Gasteiger charge is 2.10. The number of aryl methyl sites for hydroxylation is 1. The van der Waals surface area contributed by atoms with Crippen LogP contribution in [0.2, 0.25) is 0 Å². The van der Waals surface area contributed by atoms with Crippen molar-refractivity contribution >= 4 is 23.9 Å². The van der Waals surface area contributed by atoms with Gasteiger partial charge in [-0.3, -0.25) is 4.79 Å². The smallest absolute Gasteiger partial charge is 0.293 e. The van der Waals surface area contributed by atoms with Crippen molar-refractivity contribution in [2.45, 2.75) is 5.16 Å². The molecule has 1 aromatic heterocycles. The number of nitrogens with zero attached hydrogens (tertiary/aromatic N) is 3. The summed E-state index contributed by atoms with van der Waals surface area (Å²) in [6, 6.07) is 4.24.